The van der Waals surface area contributed by atoms with Gasteiger partial charge >= 0.3 is 0 Å². The maximum atomic E-state index is 6.10. The standard InChI is InChI=1S/C19H23ClO3/c1-3-15-13-18(9-10-19(15)20)23-12-5-4-11-22-17-8-6-7-16(14-17)21-2/h6-10,13-14H,3-5,11-12H2,1-2H3. The second-order valence-corrected chi connectivity index (χ2v) is 5.60. The van der Waals surface area contributed by atoms with Gasteiger partial charge in [0, 0.05) is 11.1 Å². The highest BCUT2D eigenvalue weighted by Crippen LogP contribution is 2.23. The fourth-order valence-corrected chi connectivity index (χ4v) is 2.44. The highest BCUT2D eigenvalue weighted by Gasteiger charge is 2.01. The molecule has 0 aliphatic carbocycles. The van der Waals surface area contributed by atoms with Gasteiger partial charge in [-0.1, -0.05) is 24.6 Å². The van der Waals surface area contributed by atoms with Crippen molar-refractivity contribution >= 4 is 11.6 Å². The molecule has 2 rings (SSSR count). The summed E-state index contributed by atoms with van der Waals surface area (Å²) in [4.78, 5) is 0. The molecule has 0 spiro atoms. The Hall–Kier alpha value is -1.87. The minimum Gasteiger partial charge on any atom is -0.497 e. The topological polar surface area (TPSA) is 27.7 Å². The van der Waals surface area contributed by atoms with Gasteiger partial charge in [0.2, 0.25) is 0 Å². The first-order chi connectivity index (χ1) is 11.2. The summed E-state index contributed by atoms with van der Waals surface area (Å²) in [5.41, 5.74) is 1.12. The number of hydrogen-bond acceptors (Lipinski definition) is 3. The maximum Gasteiger partial charge on any atom is 0.122 e. The number of rotatable bonds is 9. The van der Waals surface area contributed by atoms with E-state index in [0.29, 0.717) is 13.2 Å². The third-order valence-electron chi connectivity index (χ3n) is 3.52. The Kier molecular flexibility index (Phi) is 7.08. The van der Waals surface area contributed by atoms with E-state index in [4.69, 9.17) is 25.8 Å². The van der Waals surface area contributed by atoms with Crippen molar-refractivity contribution in [2.45, 2.75) is 26.2 Å². The Morgan fingerprint density at radius 3 is 2.17 bits per heavy atom. The summed E-state index contributed by atoms with van der Waals surface area (Å²) in [6.45, 7) is 3.42. The fourth-order valence-electron chi connectivity index (χ4n) is 2.19. The Bertz CT molecular complexity index is 613. The molecule has 2 aromatic rings. The number of halogens is 1. The molecule has 0 aromatic heterocycles. The third kappa shape index (κ3) is 5.68. The molecule has 0 bridgehead atoms. The van der Waals surface area contributed by atoms with E-state index in [1.807, 2.05) is 42.5 Å². The zero-order valence-electron chi connectivity index (χ0n) is 13.7. The molecule has 124 valence electrons. The van der Waals surface area contributed by atoms with Gasteiger partial charge in [-0.3, -0.25) is 0 Å². The number of hydrogen-bond donors (Lipinski definition) is 0. The molecule has 0 radical (unpaired) electrons. The molecule has 0 saturated heterocycles. The molecule has 0 atom stereocenters. The quantitative estimate of drug-likeness (QED) is 0.593. The lowest BCUT2D eigenvalue weighted by atomic mass is 10.1. The minimum absolute atomic E-state index is 0.664. The van der Waals surface area contributed by atoms with E-state index >= 15 is 0 Å². The van der Waals surface area contributed by atoms with E-state index in [1.54, 1.807) is 7.11 Å². The van der Waals surface area contributed by atoms with Crippen LogP contribution in [-0.4, -0.2) is 20.3 Å². The summed E-state index contributed by atoms with van der Waals surface area (Å²) in [5.74, 6) is 2.51. The SMILES string of the molecule is CCc1cc(OCCCCOc2cccc(OC)c2)ccc1Cl. The van der Waals surface area contributed by atoms with Gasteiger partial charge in [0.05, 0.1) is 20.3 Å². The van der Waals surface area contributed by atoms with Crippen molar-refractivity contribution in [2.75, 3.05) is 20.3 Å². The molecule has 0 unspecified atom stereocenters. The molecule has 0 heterocycles. The number of unbranched alkanes of at least 4 members (excludes halogenated alkanes) is 1. The second kappa shape index (κ2) is 9.31. The minimum atomic E-state index is 0.664. The highest BCUT2D eigenvalue weighted by atomic mass is 35.5. The van der Waals surface area contributed by atoms with Crippen LogP contribution < -0.4 is 14.2 Å². The van der Waals surface area contributed by atoms with Crippen molar-refractivity contribution in [3.63, 3.8) is 0 Å². The van der Waals surface area contributed by atoms with Crippen molar-refractivity contribution in [1.82, 2.24) is 0 Å². The average molecular weight is 335 g/mol. The summed E-state index contributed by atoms with van der Waals surface area (Å²) in [7, 11) is 1.65. The molecule has 0 amide bonds. The molecule has 23 heavy (non-hydrogen) atoms. The molecule has 0 aliphatic heterocycles. The molecule has 2 aromatic carbocycles. The van der Waals surface area contributed by atoms with Gasteiger partial charge in [-0.25, -0.2) is 0 Å². The van der Waals surface area contributed by atoms with Crippen molar-refractivity contribution in [3.05, 3.63) is 53.1 Å². The van der Waals surface area contributed by atoms with E-state index in [9.17, 15) is 0 Å². The lowest BCUT2D eigenvalue weighted by Crippen LogP contribution is -2.03. The van der Waals surface area contributed by atoms with Gasteiger partial charge in [-0.15, -0.1) is 0 Å². The lowest BCUT2D eigenvalue weighted by Gasteiger charge is -2.10. The normalized spacial score (nSPS) is 10.4. The highest BCUT2D eigenvalue weighted by molar-refractivity contribution is 6.31. The van der Waals surface area contributed by atoms with Crippen LogP contribution in [0.3, 0.4) is 0 Å². The zero-order valence-corrected chi connectivity index (χ0v) is 14.4. The molecule has 4 heteroatoms. The predicted octanol–water partition coefficient (Wildman–Crippen LogP) is 5.15. The molecule has 0 aliphatic rings. The summed E-state index contributed by atoms with van der Waals surface area (Å²) >= 11 is 6.10. The van der Waals surface area contributed by atoms with Crippen molar-refractivity contribution in [2.24, 2.45) is 0 Å². The van der Waals surface area contributed by atoms with E-state index in [-0.39, 0.29) is 0 Å². The Morgan fingerprint density at radius 2 is 1.52 bits per heavy atom. The van der Waals surface area contributed by atoms with Crippen LogP contribution in [0, 0.1) is 0 Å². The van der Waals surface area contributed by atoms with E-state index < -0.39 is 0 Å². The summed E-state index contributed by atoms with van der Waals surface area (Å²) in [5, 5.41) is 0.798. The maximum absolute atomic E-state index is 6.10. The number of methoxy groups -OCH3 is 1. The molecular weight excluding hydrogens is 312 g/mol. The van der Waals surface area contributed by atoms with Crippen LogP contribution in [0.5, 0.6) is 17.2 Å². The van der Waals surface area contributed by atoms with Gasteiger partial charge < -0.3 is 14.2 Å². The zero-order chi connectivity index (χ0) is 16.5. The first kappa shape index (κ1) is 17.5. The predicted molar refractivity (Wildman–Crippen MR) is 94.0 cm³/mol. The first-order valence-corrected chi connectivity index (χ1v) is 8.28. The molecule has 3 nitrogen and oxygen atoms in total. The van der Waals surface area contributed by atoms with Crippen LogP contribution in [0.25, 0.3) is 0 Å². The van der Waals surface area contributed by atoms with Gasteiger partial charge in [-0.2, -0.15) is 0 Å². The smallest absolute Gasteiger partial charge is 0.122 e. The van der Waals surface area contributed by atoms with Crippen molar-refractivity contribution in [1.29, 1.82) is 0 Å². The van der Waals surface area contributed by atoms with E-state index in [0.717, 1.165) is 47.1 Å². The lowest BCUT2D eigenvalue weighted by molar-refractivity contribution is 0.265. The number of benzene rings is 2. The molecule has 0 N–H and O–H groups in total. The van der Waals surface area contributed by atoms with Gasteiger partial charge in [0.15, 0.2) is 0 Å². The third-order valence-corrected chi connectivity index (χ3v) is 3.88. The van der Waals surface area contributed by atoms with Crippen LogP contribution >= 0.6 is 11.6 Å². The molecular formula is C19H23ClO3. The summed E-state index contributed by atoms with van der Waals surface area (Å²) in [6.07, 6.45) is 2.78. The molecule has 0 saturated carbocycles. The monoisotopic (exact) mass is 334 g/mol. The van der Waals surface area contributed by atoms with E-state index in [2.05, 4.69) is 6.92 Å². The second-order valence-electron chi connectivity index (χ2n) is 5.19. The van der Waals surface area contributed by atoms with Crippen LogP contribution in [0.15, 0.2) is 42.5 Å². The Balaban J connectivity index is 1.66. The van der Waals surface area contributed by atoms with Gasteiger partial charge in [0.1, 0.15) is 17.2 Å². The largest absolute Gasteiger partial charge is 0.497 e. The van der Waals surface area contributed by atoms with Crippen LogP contribution in [-0.2, 0) is 6.42 Å². The molecule has 0 fully saturated rings. The van der Waals surface area contributed by atoms with Gasteiger partial charge in [-0.05, 0) is 55.2 Å². The summed E-state index contributed by atoms with van der Waals surface area (Å²) in [6, 6.07) is 13.4. The van der Waals surface area contributed by atoms with E-state index in [1.165, 1.54) is 0 Å². The Labute approximate surface area is 143 Å². The van der Waals surface area contributed by atoms with Crippen LogP contribution in [0.1, 0.15) is 25.3 Å². The average Bonchev–Trinajstić information content (AvgIpc) is 2.59. The van der Waals surface area contributed by atoms with Crippen LogP contribution in [0.2, 0.25) is 5.02 Å². The van der Waals surface area contributed by atoms with Crippen molar-refractivity contribution < 1.29 is 14.2 Å². The summed E-state index contributed by atoms with van der Waals surface area (Å²) < 4.78 is 16.6. The Morgan fingerprint density at radius 1 is 0.870 bits per heavy atom. The van der Waals surface area contributed by atoms with Crippen molar-refractivity contribution in [3.8, 4) is 17.2 Å². The van der Waals surface area contributed by atoms with Gasteiger partial charge in [0.25, 0.3) is 0 Å². The van der Waals surface area contributed by atoms with Crippen LogP contribution in [0.4, 0.5) is 0 Å². The number of ether oxygens (including phenoxy) is 3. The fraction of sp³-hybridized carbons (Fsp3) is 0.368. The first-order valence-electron chi connectivity index (χ1n) is 7.91. The number of aryl methyl sites for hydroxylation is 1.